The molecule has 0 aliphatic heterocycles. The van der Waals surface area contributed by atoms with E-state index < -0.39 is 34.5 Å². The van der Waals surface area contributed by atoms with E-state index in [9.17, 15) is 22.8 Å². The van der Waals surface area contributed by atoms with E-state index in [4.69, 9.17) is 14.6 Å². The zero-order valence-corrected chi connectivity index (χ0v) is 15.0. The molecule has 9 nitrogen and oxygen atoms in total. The largest absolute Gasteiger partial charge is 0.452 e. The number of rotatable bonds is 6. The van der Waals surface area contributed by atoms with Crippen molar-refractivity contribution in [2.45, 2.75) is 11.8 Å². The lowest BCUT2D eigenvalue weighted by Crippen LogP contribution is -2.21. The first-order valence-corrected chi connectivity index (χ1v) is 9.09. The van der Waals surface area contributed by atoms with Gasteiger partial charge in [0.1, 0.15) is 11.3 Å². The molecular formula is C17H16N2O7S. The Morgan fingerprint density at radius 1 is 1.04 bits per heavy atom. The molecule has 3 N–H and O–H groups in total. The standard InChI is InChI=1S/C17H16N2O7S/c1-11(20)26-15-5-3-2-4-14(15)17(22)25-10-16(21)19-12-6-8-13(9-7-12)27(18,23)24/h2-9H,10H2,1H3,(H,19,21)(H2,18,23,24). The van der Waals surface area contributed by atoms with Crippen LogP contribution in [-0.4, -0.2) is 32.9 Å². The first-order valence-electron chi connectivity index (χ1n) is 7.54. The first-order chi connectivity index (χ1) is 12.7. The molecule has 0 aliphatic carbocycles. The molecule has 0 unspecified atom stereocenters. The van der Waals surface area contributed by atoms with Crippen LogP contribution in [0.5, 0.6) is 5.75 Å². The summed E-state index contributed by atoms with van der Waals surface area (Å²) in [5.74, 6) is -2.06. The third-order valence-corrected chi connectivity index (χ3v) is 4.09. The number of hydrogen-bond acceptors (Lipinski definition) is 7. The van der Waals surface area contributed by atoms with E-state index in [0.29, 0.717) is 5.69 Å². The molecule has 2 aromatic rings. The van der Waals surface area contributed by atoms with E-state index in [1.807, 2.05) is 0 Å². The fourth-order valence-corrected chi connectivity index (χ4v) is 2.53. The molecule has 0 heterocycles. The summed E-state index contributed by atoms with van der Waals surface area (Å²) in [6, 6.07) is 11.1. The molecule has 0 saturated heterocycles. The fraction of sp³-hybridized carbons (Fsp3) is 0.118. The van der Waals surface area contributed by atoms with Crippen LogP contribution in [0.25, 0.3) is 0 Å². The predicted octanol–water partition coefficient (Wildman–Crippen LogP) is 1.05. The SMILES string of the molecule is CC(=O)Oc1ccccc1C(=O)OCC(=O)Nc1ccc(S(N)(=O)=O)cc1. The van der Waals surface area contributed by atoms with Gasteiger partial charge < -0.3 is 14.8 Å². The van der Waals surface area contributed by atoms with Crippen molar-refractivity contribution >= 4 is 33.6 Å². The minimum atomic E-state index is -3.83. The Kier molecular flexibility index (Phi) is 6.27. The number of benzene rings is 2. The van der Waals surface area contributed by atoms with Gasteiger partial charge in [0, 0.05) is 12.6 Å². The van der Waals surface area contributed by atoms with Crippen LogP contribution in [0.1, 0.15) is 17.3 Å². The molecule has 10 heteroatoms. The van der Waals surface area contributed by atoms with Gasteiger partial charge in [-0.05, 0) is 36.4 Å². The molecule has 142 valence electrons. The highest BCUT2D eigenvalue weighted by atomic mass is 32.2. The monoisotopic (exact) mass is 392 g/mol. The van der Waals surface area contributed by atoms with Crippen molar-refractivity contribution in [3.05, 3.63) is 54.1 Å². The number of esters is 2. The number of amides is 1. The summed E-state index contributed by atoms with van der Waals surface area (Å²) < 4.78 is 32.2. The van der Waals surface area contributed by atoms with E-state index in [-0.39, 0.29) is 16.2 Å². The van der Waals surface area contributed by atoms with Gasteiger partial charge >= 0.3 is 11.9 Å². The van der Waals surface area contributed by atoms with Crippen molar-refractivity contribution in [1.82, 2.24) is 0 Å². The normalized spacial score (nSPS) is 10.7. The molecule has 0 saturated carbocycles. The number of sulfonamides is 1. The lowest BCUT2D eigenvalue weighted by Gasteiger charge is -2.09. The van der Waals surface area contributed by atoms with Crippen molar-refractivity contribution in [1.29, 1.82) is 0 Å². The van der Waals surface area contributed by atoms with E-state index in [0.717, 1.165) is 0 Å². The van der Waals surface area contributed by atoms with Crippen LogP contribution >= 0.6 is 0 Å². The summed E-state index contributed by atoms with van der Waals surface area (Å²) in [6.45, 7) is 0.598. The molecule has 27 heavy (non-hydrogen) atoms. The maximum atomic E-state index is 12.1. The van der Waals surface area contributed by atoms with Crippen molar-refractivity contribution in [2.75, 3.05) is 11.9 Å². The van der Waals surface area contributed by atoms with Gasteiger partial charge in [-0.3, -0.25) is 9.59 Å². The molecule has 1 amide bonds. The van der Waals surface area contributed by atoms with Crippen LogP contribution in [0.15, 0.2) is 53.4 Å². The van der Waals surface area contributed by atoms with Gasteiger partial charge in [-0.15, -0.1) is 0 Å². The molecule has 0 bridgehead atoms. The summed E-state index contributed by atoms with van der Waals surface area (Å²) >= 11 is 0. The third kappa shape index (κ3) is 5.90. The Morgan fingerprint density at radius 3 is 2.26 bits per heavy atom. The van der Waals surface area contributed by atoms with Crippen LogP contribution in [0, 0.1) is 0 Å². The van der Waals surface area contributed by atoms with Crippen molar-refractivity contribution < 1.29 is 32.3 Å². The number of nitrogens with one attached hydrogen (secondary N) is 1. The predicted molar refractivity (Wildman–Crippen MR) is 94.5 cm³/mol. The second-order valence-electron chi connectivity index (χ2n) is 5.28. The van der Waals surface area contributed by atoms with Gasteiger partial charge in [-0.1, -0.05) is 12.1 Å². The Morgan fingerprint density at radius 2 is 1.67 bits per heavy atom. The molecular weight excluding hydrogens is 376 g/mol. The Hall–Kier alpha value is -3.24. The van der Waals surface area contributed by atoms with Crippen LogP contribution in [0.4, 0.5) is 5.69 Å². The van der Waals surface area contributed by atoms with Crippen LogP contribution in [0.3, 0.4) is 0 Å². The van der Waals surface area contributed by atoms with Gasteiger partial charge in [0.05, 0.1) is 4.90 Å². The minimum Gasteiger partial charge on any atom is -0.452 e. The smallest absolute Gasteiger partial charge is 0.342 e. The number of carbonyl (C=O) groups excluding carboxylic acids is 3. The summed E-state index contributed by atoms with van der Waals surface area (Å²) in [5.41, 5.74) is 0.293. The molecule has 2 rings (SSSR count). The molecule has 0 aromatic heterocycles. The van der Waals surface area contributed by atoms with Crippen molar-refractivity contribution in [2.24, 2.45) is 5.14 Å². The van der Waals surface area contributed by atoms with E-state index in [1.165, 1.54) is 43.3 Å². The van der Waals surface area contributed by atoms with Gasteiger partial charge in [0.2, 0.25) is 10.0 Å². The Bertz CT molecular complexity index is 969. The summed E-state index contributed by atoms with van der Waals surface area (Å²) in [7, 11) is -3.83. The lowest BCUT2D eigenvalue weighted by atomic mass is 10.2. The maximum Gasteiger partial charge on any atom is 0.342 e. The number of anilines is 1. The molecule has 0 fully saturated rings. The van der Waals surface area contributed by atoms with E-state index in [2.05, 4.69) is 5.32 Å². The zero-order chi connectivity index (χ0) is 20.0. The Labute approximate surface area is 155 Å². The topological polar surface area (TPSA) is 142 Å². The summed E-state index contributed by atoms with van der Waals surface area (Å²) in [6.07, 6.45) is 0. The molecule has 0 radical (unpaired) electrons. The number of nitrogens with two attached hydrogens (primary N) is 1. The van der Waals surface area contributed by atoms with Crippen LogP contribution in [0.2, 0.25) is 0 Å². The average molecular weight is 392 g/mol. The number of hydrogen-bond donors (Lipinski definition) is 2. The van der Waals surface area contributed by atoms with Crippen molar-refractivity contribution in [3.8, 4) is 5.75 Å². The number of ether oxygens (including phenoxy) is 2. The van der Waals surface area contributed by atoms with E-state index in [1.54, 1.807) is 12.1 Å². The van der Waals surface area contributed by atoms with Gasteiger partial charge in [-0.25, -0.2) is 18.4 Å². The summed E-state index contributed by atoms with van der Waals surface area (Å²) in [5, 5.41) is 7.42. The summed E-state index contributed by atoms with van der Waals surface area (Å²) in [4.78, 5) is 34.9. The quantitative estimate of drug-likeness (QED) is 0.553. The molecule has 0 spiro atoms. The van der Waals surface area contributed by atoms with Gasteiger partial charge in [0.15, 0.2) is 6.61 Å². The average Bonchev–Trinajstić information content (AvgIpc) is 2.59. The highest BCUT2D eigenvalue weighted by molar-refractivity contribution is 7.89. The second-order valence-corrected chi connectivity index (χ2v) is 6.84. The number of primary sulfonamides is 1. The highest BCUT2D eigenvalue weighted by Crippen LogP contribution is 2.19. The second kappa shape index (κ2) is 8.43. The first kappa shape index (κ1) is 20.1. The number of carbonyl (C=O) groups is 3. The lowest BCUT2D eigenvalue weighted by molar-refractivity contribution is -0.132. The minimum absolute atomic E-state index is 0.00185. The maximum absolute atomic E-state index is 12.1. The van der Waals surface area contributed by atoms with Crippen LogP contribution < -0.4 is 15.2 Å². The zero-order valence-electron chi connectivity index (χ0n) is 14.2. The van der Waals surface area contributed by atoms with Gasteiger partial charge in [-0.2, -0.15) is 0 Å². The molecule has 0 atom stereocenters. The molecule has 0 aliphatic rings. The Balaban J connectivity index is 1.96. The number of para-hydroxylation sites is 1. The van der Waals surface area contributed by atoms with E-state index >= 15 is 0 Å². The van der Waals surface area contributed by atoms with Crippen molar-refractivity contribution in [3.63, 3.8) is 0 Å². The molecule has 2 aromatic carbocycles. The van der Waals surface area contributed by atoms with Crippen LogP contribution in [-0.2, 0) is 24.3 Å². The highest BCUT2D eigenvalue weighted by Gasteiger charge is 2.16. The fourth-order valence-electron chi connectivity index (χ4n) is 2.01. The third-order valence-electron chi connectivity index (χ3n) is 3.16. The van der Waals surface area contributed by atoms with Gasteiger partial charge in [0.25, 0.3) is 5.91 Å².